The van der Waals surface area contributed by atoms with Gasteiger partial charge in [-0.25, -0.2) is 4.98 Å². The first-order valence-corrected chi connectivity index (χ1v) is 15.9. The van der Waals surface area contributed by atoms with Crippen molar-refractivity contribution in [1.29, 1.82) is 0 Å². The molecule has 0 saturated carbocycles. The predicted octanol–water partition coefficient (Wildman–Crippen LogP) is 6.05. The molecule has 4 heterocycles. The molecule has 3 N–H and O–H groups in total. The summed E-state index contributed by atoms with van der Waals surface area (Å²) < 4.78 is 2.00. The third kappa shape index (κ3) is 6.86. The largest absolute Gasteiger partial charge is 0.395 e. The van der Waals surface area contributed by atoms with E-state index in [4.69, 9.17) is 5.10 Å². The zero-order valence-electron chi connectivity index (χ0n) is 26.6. The first-order chi connectivity index (χ1) is 21.8. The summed E-state index contributed by atoms with van der Waals surface area (Å²) in [6.45, 7) is 14.0. The molecule has 45 heavy (non-hydrogen) atoms. The highest BCUT2D eigenvalue weighted by Gasteiger charge is 2.20. The molecule has 0 spiro atoms. The van der Waals surface area contributed by atoms with Gasteiger partial charge in [0.25, 0.3) is 0 Å². The zero-order chi connectivity index (χ0) is 31.5. The molecular formula is C36H43N7O2. The molecule has 1 aliphatic heterocycles. The molecule has 1 fully saturated rings. The minimum atomic E-state index is -0.0824. The number of benzene rings is 2. The van der Waals surface area contributed by atoms with Crippen LogP contribution in [0.15, 0.2) is 73.1 Å². The van der Waals surface area contributed by atoms with E-state index in [1.165, 1.54) is 5.56 Å². The van der Waals surface area contributed by atoms with Crippen LogP contribution in [0.25, 0.3) is 44.7 Å². The monoisotopic (exact) mass is 605 g/mol. The van der Waals surface area contributed by atoms with Gasteiger partial charge in [-0.3, -0.25) is 19.3 Å². The van der Waals surface area contributed by atoms with Gasteiger partial charge >= 0.3 is 0 Å². The number of carbonyl (C=O) groups is 1. The molecule has 0 radical (unpaired) electrons. The second kappa shape index (κ2) is 13.4. The number of anilines is 1. The molecule has 5 aromatic rings. The molecule has 0 atom stereocenters. The molecule has 9 nitrogen and oxygen atoms in total. The average molecular weight is 606 g/mol. The van der Waals surface area contributed by atoms with E-state index in [0.717, 1.165) is 89.6 Å². The summed E-state index contributed by atoms with van der Waals surface area (Å²) in [7, 11) is 0. The van der Waals surface area contributed by atoms with Gasteiger partial charge in [0.2, 0.25) is 5.91 Å². The number of nitrogens with zero attached hydrogens (tertiary/aromatic N) is 5. The number of fused-ring (bicyclic) bond motifs is 1. The van der Waals surface area contributed by atoms with Crippen molar-refractivity contribution in [2.45, 2.75) is 40.3 Å². The van der Waals surface area contributed by atoms with Crippen molar-refractivity contribution in [2.24, 2.45) is 5.92 Å². The fourth-order valence-corrected chi connectivity index (χ4v) is 5.84. The van der Waals surface area contributed by atoms with Gasteiger partial charge in [-0.1, -0.05) is 50.2 Å². The second-order valence-electron chi connectivity index (χ2n) is 12.5. The molecule has 3 aromatic heterocycles. The van der Waals surface area contributed by atoms with Gasteiger partial charge in [0.1, 0.15) is 11.3 Å². The molecule has 1 saturated heterocycles. The van der Waals surface area contributed by atoms with Crippen LogP contribution in [-0.4, -0.2) is 79.9 Å². The predicted molar refractivity (Wildman–Crippen MR) is 181 cm³/mol. The Morgan fingerprint density at radius 2 is 1.60 bits per heavy atom. The molecule has 6 rings (SSSR count). The van der Waals surface area contributed by atoms with E-state index in [0.29, 0.717) is 0 Å². The van der Waals surface area contributed by atoms with Crippen LogP contribution in [0.4, 0.5) is 5.69 Å². The maximum Gasteiger partial charge on any atom is 0.226 e. The van der Waals surface area contributed by atoms with Gasteiger partial charge in [-0.2, -0.15) is 5.10 Å². The van der Waals surface area contributed by atoms with Crippen LogP contribution in [0.3, 0.4) is 0 Å². The minimum Gasteiger partial charge on any atom is -0.395 e. The van der Waals surface area contributed by atoms with Crippen molar-refractivity contribution in [3.63, 3.8) is 0 Å². The molecule has 1 amide bonds. The smallest absolute Gasteiger partial charge is 0.226 e. The van der Waals surface area contributed by atoms with E-state index in [-0.39, 0.29) is 24.5 Å². The number of amides is 1. The Morgan fingerprint density at radius 1 is 0.911 bits per heavy atom. The Balaban J connectivity index is 1.26. The highest BCUT2D eigenvalue weighted by Crippen LogP contribution is 2.37. The summed E-state index contributed by atoms with van der Waals surface area (Å²) in [5, 5.41) is 18.2. The van der Waals surface area contributed by atoms with E-state index < -0.39 is 0 Å². The van der Waals surface area contributed by atoms with Crippen molar-refractivity contribution >= 4 is 22.6 Å². The number of hydrogen-bond donors (Lipinski definition) is 3. The number of H-pyrrole nitrogens is 1. The normalized spacial score (nSPS) is 14.6. The Bertz CT molecular complexity index is 1740. The van der Waals surface area contributed by atoms with Gasteiger partial charge in [-0.05, 0) is 54.8 Å². The number of nitrogens with one attached hydrogen (secondary N) is 2. The van der Waals surface area contributed by atoms with Gasteiger partial charge in [0.05, 0.1) is 6.61 Å². The lowest BCUT2D eigenvalue weighted by molar-refractivity contribution is -0.118. The van der Waals surface area contributed by atoms with Crippen LogP contribution in [0.5, 0.6) is 0 Å². The number of aliphatic hydroxyl groups excluding tert-OH is 1. The molecule has 0 bridgehead atoms. The van der Waals surface area contributed by atoms with Crippen LogP contribution in [0.1, 0.15) is 39.3 Å². The molecule has 0 aliphatic carbocycles. The van der Waals surface area contributed by atoms with E-state index in [2.05, 4.69) is 81.5 Å². The first-order valence-electron chi connectivity index (χ1n) is 15.9. The van der Waals surface area contributed by atoms with Gasteiger partial charge < -0.3 is 15.4 Å². The van der Waals surface area contributed by atoms with E-state index >= 15 is 0 Å². The quantitative estimate of drug-likeness (QED) is 0.179. The fourth-order valence-electron chi connectivity index (χ4n) is 5.84. The average Bonchev–Trinajstić information content (AvgIpc) is 3.68. The molecule has 1 aliphatic rings. The lowest BCUT2D eigenvalue weighted by Gasteiger charge is -2.34. The lowest BCUT2D eigenvalue weighted by Crippen LogP contribution is -2.46. The minimum absolute atomic E-state index is 0.00188. The highest BCUT2D eigenvalue weighted by atomic mass is 16.3. The summed E-state index contributed by atoms with van der Waals surface area (Å²) >= 11 is 0. The molecule has 2 aromatic carbocycles. The standard InChI is InChI=1S/C36H43N7O2/c1-24(2)36(45)38-29-11-9-28(10-12-29)34-32(23-43(40-34)25(3)4)30-13-14-37-35-31(30)21-33(39-35)27-7-5-26(6-8-27)22-42-17-15-41(16-18-42)19-20-44/h5-14,21,23-25,44H,15-20,22H2,1-4H3,(H,37,39)(H,38,45). The molecule has 9 heteroatoms. The third-order valence-electron chi connectivity index (χ3n) is 8.59. The molecule has 234 valence electrons. The number of hydrogen-bond acceptors (Lipinski definition) is 6. The first kappa shape index (κ1) is 30.7. The Hall–Kier alpha value is -4.31. The number of piperazine rings is 1. The third-order valence-corrected chi connectivity index (χ3v) is 8.59. The number of aliphatic hydroxyl groups is 1. The van der Waals surface area contributed by atoms with E-state index in [1.54, 1.807) is 0 Å². The fraction of sp³-hybridized carbons (Fsp3) is 0.361. The van der Waals surface area contributed by atoms with Crippen LogP contribution in [0, 0.1) is 5.92 Å². The summed E-state index contributed by atoms with van der Waals surface area (Å²) in [5.41, 5.74) is 9.03. The number of carbonyl (C=O) groups excluding carboxylic acids is 1. The zero-order valence-corrected chi connectivity index (χ0v) is 26.6. The van der Waals surface area contributed by atoms with Crippen molar-refractivity contribution in [2.75, 3.05) is 44.6 Å². The van der Waals surface area contributed by atoms with Crippen LogP contribution >= 0.6 is 0 Å². The Labute approximate surface area is 264 Å². The highest BCUT2D eigenvalue weighted by molar-refractivity contribution is 5.99. The lowest BCUT2D eigenvalue weighted by atomic mass is 9.99. The number of rotatable bonds is 10. The summed E-state index contributed by atoms with van der Waals surface area (Å²) in [5.74, 6) is -0.0843. The maximum atomic E-state index is 12.2. The summed E-state index contributed by atoms with van der Waals surface area (Å²) in [6, 6.07) is 21.2. The van der Waals surface area contributed by atoms with Crippen molar-refractivity contribution in [3.8, 4) is 33.6 Å². The van der Waals surface area contributed by atoms with E-state index in [9.17, 15) is 9.90 Å². The SMILES string of the molecule is CC(C)C(=O)Nc1ccc(-c2nn(C(C)C)cc2-c2ccnc3[nH]c(-c4ccc(CN5CCN(CCO)CC5)cc4)cc23)cc1. The maximum absolute atomic E-state index is 12.2. The van der Waals surface area contributed by atoms with Crippen LogP contribution in [0.2, 0.25) is 0 Å². The van der Waals surface area contributed by atoms with Crippen molar-refractivity contribution in [3.05, 3.63) is 78.6 Å². The molecule has 0 unspecified atom stereocenters. The van der Waals surface area contributed by atoms with Crippen molar-refractivity contribution in [1.82, 2.24) is 29.5 Å². The van der Waals surface area contributed by atoms with Crippen LogP contribution in [-0.2, 0) is 11.3 Å². The number of β-amino-alcohol motifs (C(OH)–C–C–N with tert-alkyl or cyclic N) is 1. The topological polar surface area (TPSA) is 102 Å². The molecular weight excluding hydrogens is 562 g/mol. The summed E-state index contributed by atoms with van der Waals surface area (Å²) in [6.07, 6.45) is 3.97. The van der Waals surface area contributed by atoms with Gasteiger partial charge in [0, 0.05) is 91.5 Å². The second-order valence-corrected chi connectivity index (χ2v) is 12.5. The number of aromatic amines is 1. The number of pyridine rings is 1. The number of aromatic nitrogens is 4. The van der Waals surface area contributed by atoms with Crippen LogP contribution < -0.4 is 5.32 Å². The Morgan fingerprint density at radius 3 is 2.27 bits per heavy atom. The van der Waals surface area contributed by atoms with Crippen molar-refractivity contribution < 1.29 is 9.90 Å². The van der Waals surface area contributed by atoms with Gasteiger partial charge in [-0.15, -0.1) is 0 Å². The summed E-state index contributed by atoms with van der Waals surface area (Å²) in [4.78, 5) is 25.2. The Kier molecular flexibility index (Phi) is 9.11. The van der Waals surface area contributed by atoms with Gasteiger partial charge in [0.15, 0.2) is 0 Å². The van der Waals surface area contributed by atoms with E-state index in [1.807, 2.05) is 49.0 Å².